The molecule has 1 heteroatoms. The summed E-state index contributed by atoms with van der Waals surface area (Å²) in [6.07, 6.45) is 10.1. The van der Waals surface area contributed by atoms with Crippen LogP contribution in [0.1, 0.15) is 14.4 Å². The van der Waals surface area contributed by atoms with Crippen LogP contribution in [-0.4, -0.2) is 6.54 Å². The molecule has 0 saturated carbocycles. The summed E-state index contributed by atoms with van der Waals surface area (Å²) in [6, 6.07) is 0. The average Bonchev–Trinajstić information content (AvgIpc) is 2.06. The van der Waals surface area contributed by atoms with Crippen molar-refractivity contribution in [1.29, 1.82) is 0 Å². The highest BCUT2D eigenvalue weighted by Gasteiger charge is 1.99. The number of nitrogens with one attached hydrogen (secondary N) is 1. The third-order valence-corrected chi connectivity index (χ3v) is 1.57. The van der Waals surface area contributed by atoms with Gasteiger partial charge in [-0.15, -0.1) is 0 Å². The van der Waals surface area contributed by atoms with Crippen LogP contribution in [0.25, 0.3) is 0 Å². The first-order chi connectivity index (χ1) is 5.38. The number of allylic oxidation sites excluding steroid dienone is 5. The van der Waals surface area contributed by atoms with Gasteiger partial charge >= 0.3 is 0 Å². The molecule has 0 amide bonds. The molecule has 1 nitrogen and oxygen atoms in total. The van der Waals surface area contributed by atoms with E-state index in [4.69, 9.17) is 0 Å². The second-order valence-electron chi connectivity index (χ2n) is 2.36. The van der Waals surface area contributed by atoms with Gasteiger partial charge in [-0.25, -0.2) is 0 Å². The van der Waals surface area contributed by atoms with Gasteiger partial charge in [0, 0.05) is 12.2 Å². The second kappa shape index (κ2) is 5.42. The van der Waals surface area contributed by atoms with Crippen molar-refractivity contribution in [2.75, 3.05) is 6.54 Å². The molecule has 1 aliphatic heterocycles. The fourth-order valence-corrected chi connectivity index (χ4v) is 1.05. The van der Waals surface area contributed by atoms with Crippen LogP contribution >= 0.6 is 0 Å². The Bertz CT molecular complexity index is 231. The molecule has 0 saturated heterocycles. The minimum atomic E-state index is 0. The molecule has 1 heterocycles. The number of hydrogen-bond acceptors (Lipinski definition) is 1. The quantitative estimate of drug-likeness (QED) is 0.660. The van der Waals surface area contributed by atoms with Crippen LogP contribution in [0.15, 0.2) is 48.2 Å². The van der Waals surface area contributed by atoms with Crippen LogP contribution < -0.4 is 5.32 Å². The summed E-state index contributed by atoms with van der Waals surface area (Å²) in [4.78, 5) is 0. The van der Waals surface area contributed by atoms with Crippen LogP contribution in [0.5, 0.6) is 0 Å². The molecular weight excluding hydrogens is 146 g/mol. The highest BCUT2D eigenvalue weighted by molar-refractivity contribution is 5.41. The summed E-state index contributed by atoms with van der Waals surface area (Å²) in [5.74, 6) is 0. The van der Waals surface area contributed by atoms with Crippen molar-refractivity contribution in [3.8, 4) is 0 Å². The van der Waals surface area contributed by atoms with Crippen molar-refractivity contribution in [3.63, 3.8) is 0 Å². The van der Waals surface area contributed by atoms with Crippen molar-refractivity contribution < 1.29 is 0 Å². The molecule has 1 rings (SSSR count). The molecule has 0 aromatic heterocycles. The Hall–Kier alpha value is -1.24. The van der Waals surface area contributed by atoms with Gasteiger partial charge in [-0.3, -0.25) is 0 Å². The molecule has 1 N–H and O–H groups in total. The van der Waals surface area contributed by atoms with E-state index in [1.165, 1.54) is 0 Å². The third kappa shape index (κ3) is 2.42. The topological polar surface area (TPSA) is 12.0 Å². The van der Waals surface area contributed by atoms with Gasteiger partial charge in [-0.05, 0) is 18.6 Å². The first kappa shape index (κ1) is 10.8. The molecule has 66 valence electrons. The molecule has 0 unspecified atom stereocenters. The van der Waals surface area contributed by atoms with E-state index in [1.807, 2.05) is 19.1 Å². The lowest BCUT2D eigenvalue weighted by Crippen LogP contribution is -2.16. The molecular formula is C11H17N. The molecule has 0 spiro atoms. The van der Waals surface area contributed by atoms with Crippen molar-refractivity contribution in [1.82, 2.24) is 5.32 Å². The normalized spacial score (nSPS) is 15.8. The first-order valence-electron chi connectivity index (χ1n) is 3.78. The van der Waals surface area contributed by atoms with Gasteiger partial charge in [0.2, 0.25) is 0 Å². The number of rotatable bonds is 2. The standard InChI is InChI=1S/C10H13N.CH4/c1-3-6-10-9(4-2)7-5-8-11-10;/h3-7,11H,2,8H2,1H3;1H4/b6-3-;. The summed E-state index contributed by atoms with van der Waals surface area (Å²) in [5.41, 5.74) is 2.32. The predicted octanol–water partition coefficient (Wildman–Crippen LogP) is 2.80. The Labute approximate surface area is 75.2 Å². The van der Waals surface area contributed by atoms with Gasteiger partial charge in [0.05, 0.1) is 0 Å². The highest BCUT2D eigenvalue weighted by atomic mass is 14.9. The van der Waals surface area contributed by atoms with E-state index in [0.717, 1.165) is 17.8 Å². The van der Waals surface area contributed by atoms with E-state index in [9.17, 15) is 0 Å². The molecule has 0 fully saturated rings. The van der Waals surface area contributed by atoms with E-state index in [1.54, 1.807) is 0 Å². The van der Waals surface area contributed by atoms with Gasteiger partial charge in [0.25, 0.3) is 0 Å². The Morgan fingerprint density at radius 2 is 2.33 bits per heavy atom. The molecule has 0 bridgehead atoms. The maximum atomic E-state index is 3.73. The van der Waals surface area contributed by atoms with Crippen LogP contribution in [0.3, 0.4) is 0 Å². The van der Waals surface area contributed by atoms with Gasteiger partial charge in [-0.2, -0.15) is 0 Å². The third-order valence-electron chi connectivity index (χ3n) is 1.57. The van der Waals surface area contributed by atoms with Crippen molar-refractivity contribution >= 4 is 0 Å². The molecule has 1 aliphatic rings. The van der Waals surface area contributed by atoms with Gasteiger partial charge < -0.3 is 5.32 Å². The van der Waals surface area contributed by atoms with Crippen LogP contribution in [-0.2, 0) is 0 Å². The molecule has 0 aliphatic carbocycles. The van der Waals surface area contributed by atoms with E-state index in [-0.39, 0.29) is 7.43 Å². The maximum Gasteiger partial charge on any atom is 0.0412 e. The minimum absolute atomic E-state index is 0. The Kier molecular flexibility index (Phi) is 4.86. The van der Waals surface area contributed by atoms with Crippen LogP contribution in [0, 0.1) is 0 Å². The van der Waals surface area contributed by atoms with Crippen LogP contribution in [0.2, 0.25) is 0 Å². The van der Waals surface area contributed by atoms with Crippen molar-refractivity contribution in [2.45, 2.75) is 14.4 Å². The number of hydrogen-bond donors (Lipinski definition) is 1. The monoisotopic (exact) mass is 163 g/mol. The lowest BCUT2D eigenvalue weighted by Gasteiger charge is -2.11. The fraction of sp³-hybridized carbons (Fsp3) is 0.273. The summed E-state index contributed by atoms with van der Waals surface area (Å²) < 4.78 is 0. The maximum absolute atomic E-state index is 3.73. The summed E-state index contributed by atoms with van der Waals surface area (Å²) in [5, 5.41) is 3.26. The summed E-state index contributed by atoms with van der Waals surface area (Å²) in [6.45, 7) is 6.66. The largest absolute Gasteiger partial charge is 0.381 e. The van der Waals surface area contributed by atoms with Crippen molar-refractivity contribution in [2.24, 2.45) is 0 Å². The van der Waals surface area contributed by atoms with Crippen molar-refractivity contribution in [3.05, 3.63) is 48.2 Å². The molecule has 0 aromatic carbocycles. The molecule has 0 atom stereocenters. The molecule has 0 radical (unpaired) electrons. The SMILES string of the molecule is C.C=CC1=C(/C=C\C)NCC=C1. The predicted molar refractivity (Wildman–Crippen MR) is 55.9 cm³/mol. The molecule has 12 heavy (non-hydrogen) atoms. The average molecular weight is 163 g/mol. The summed E-state index contributed by atoms with van der Waals surface area (Å²) in [7, 11) is 0. The van der Waals surface area contributed by atoms with Gasteiger partial charge in [-0.1, -0.05) is 38.3 Å². The Morgan fingerprint density at radius 1 is 1.58 bits per heavy atom. The minimum Gasteiger partial charge on any atom is -0.381 e. The Morgan fingerprint density at radius 3 is 2.92 bits per heavy atom. The smallest absolute Gasteiger partial charge is 0.0412 e. The molecule has 0 aromatic rings. The van der Waals surface area contributed by atoms with E-state index >= 15 is 0 Å². The van der Waals surface area contributed by atoms with Gasteiger partial charge in [0.15, 0.2) is 0 Å². The number of dihydropyridines is 1. The van der Waals surface area contributed by atoms with E-state index in [0.29, 0.717) is 0 Å². The van der Waals surface area contributed by atoms with Crippen LogP contribution in [0.4, 0.5) is 0 Å². The van der Waals surface area contributed by atoms with Gasteiger partial charge in [0.1, 0.15) is 0 Å². The Balaban J connectivity index is 0.00000121. The van der Waals surface area contributed by atoms with E-state index < -0.39 is 0 Å². The lowest BCUT2D eigenvalue weighted by molar-refractivity contribution is 0.910. The second-order valence-corrected chi connectivity index (χ2v) is 2.36. The first-order valence-corrected chi connectivity index (χ1v) is 3.78. The van der Waals surface area contributed by atoms with E-state index in [2.05, 4.69) is 30.1 Å². The fourth-order valence-electron chi connectivity index (χ4n) is 1.05. The zero-order chi connectivity index (χ0) is 8.10. The lowest BCUT2D eigenvalue weighted by atomic mass is 10.1. The summed E-state index contributed by atoms with van der Waals surface area (Å²) >= 11 is 0. The zero-order valence-corrected chi connectivity index (χ0v) is 6.80. The highest BCUT2D eigenvalue weighted by Crippen LogP contribution is 2.09. The zero-order valence-electron chi connectivity index (χ0n) is 6.80.